The first-order chi connectivity index (χ1) is 7.24. The molecule has 0 aromatic carbocycles. The number of nitrogens with one attached hydrogen (secondary N) is 1. The van der Waals surface area contributed by atoms with Gasteiger partial charge in [0.1, 0.15) is 5.82 Å². The molecule has 1 heterocycles. The summed E-state index contributed by atoms with van der Waals surface area (Å²) >= 11 is 0. The second-order valence-corrected chi connectivity index (χ2v) is 3.77. The topological polar surface area (TPSA) is 39.1 Å². The maximum Gasteiger partial charge on any atom is 0.122 e. The van der Waals surface area contributed by atoms with E-state index in [2.05, 4.69) is 28.7 Å². The van der Waals surface area contributed by atoms with Crippen LogP contribution in [0.2, 0.25) is 0 Å². The summed E-state index contributed by atoms with van der Waals surface area (Å²) < 4.78 is 7.45. The average Bonchev–Trinajstić information content (AvgIpc) is 2.63. The maximum absolute atomic E-state index is 5.32. The van der Waals surface area contributed by atoms with Gasteiger partial charge in [0.25, 0.3) is 0 Å². The van der Waals surface area contributed by atoms with Gasteiger partial charge in [0.05, 0.1) is 13.2 Å². The van der Waals surface area contributed by atoms with Crippen LogP contribution in [0, 0.1) is 0 Å². The minimum atomic E-state index is 0.488. The van der Waals surface area contributed by atoms with Gasteiger partial charge in [-0.2, -0.15) is 0 Å². The number of hydrogen-bond donors (Lipinski definition) is 1. The fourth-order valence-corrected chi connectivity index (χ4v) is 1.31. The van der Waals surface area contributed by atoms with Crippen LogP contribution < -0.4 is 5.32 Å². The molecular weight excluding hydrogens is 190 g/mol. The van der Waals surface area contributed by atoms with Crippen molar-refractivity contribution in [2.45, 2.75) is 39.9 Å². The maximum atomic E-state index is 5.32. The quantitative estimate of drug-likeness (QED) is 0.693. The first kappa shape index (κ1) is 12.2. The lowest BCUT2D eigenvalue weighted by Crippen LogP contribution is -2.24. The summed E-state index contributed by atoms with van der Waals surface area (Å²) in [6.07, 6.45) is 3.83. The minimum absolute atomic E-state index is 0.488. The van der Waals surface area contributed by atoms with E-state index < -0.39 is 0 Å². The molecule has 0 unspecified atom stereocenters. The van der Waals surface area contributed by atoms with Gasteiger partial charge in [0.15, 0.2) is 0 Å². The molecule has 1 N–H and O–H groups in total. The number of rotatable bonds is 7. The highest BCUT2D eigenvalue weighted by Gasteiger charge is 2.02. The normalized spacial score (nSPS) is 11.2. The second-order valence-electron chi connectivity index (χ2n) is 3.77. The van der Waals surface area contributed by atoms with Crippen LogP contribution in [0.4, 0.5) is 0 Å². The van der Waals surface area contributed by atoms with Crippen molar-refractivity contribution in [3.8, 4) is 0 Å². The van der Waals surface area contributed by atoms with Crippen molar-refractivity contribution in [3.05, 3.63) is 18.2 Å². The third-order valence-corrected chi connectivity index (χ3v) is 2.15. The summed E-state index contributed by atoms with van der Waals surface area (Å²) in [5.74, 6) is 1.07. The van der Waals surface area contributed by atoms with Crippen LogP contribution in [0.15, 0.2) is 12.4 Å². The SMILES string of the molecule is CCOCCn1ccnc1CNC(C)C. The summed E-state index contributed by atoms with van der Waals surface area (Å²) in [6.45, 7) is 9.49. The fraction of sp³-hybridized carbons (Fsp3) is 0.727. The lowest BCUT2D eigenvalue weighted by Gasteiger charge is -2.10. The fourth-order valence-electron chi connectivity index (χ4n) is 1.31. The van der Waals surface area contributed by atoms with Gasteiger partial charge < -0.3 is 14.6 Å². The van der Waals surface area contributed by atoms with Crippen molar-refractivity contribution in [2.75, 3.05) is 13.2 Å². The van der Waals surface area contributed by atoms with Crippen molar-refractivity contribution >= 4 is 0 Å². The Morgan fingerprint density at radius 1 is 1.53 bits per heavy atom. The third-order valence-electron chi connectivity index (χ3n) is 2.15. The lowest BCUT2D eigenvalue weighted by atomic mass is 10.4. The molecule has 0 aliphatic rings. The molecule has 1 aromatic heterocycles. The molecule has 0 aliphatic heterocycles. The van der Waals surface area contributed by atoms with Crippen LogP contribution in [0.5, 0.6) is 0 Å². The monoisotopic (exact) mass is 211 g/mol. The number of nitrogens with zero attached hydrogens (tertiary/aromatic N) is 2. The van der Waals surface area contributed by atoms with Crippen LogP contribution in [0.25, 0.3) is 0 Å². The third kappa shape index (κ3) is 4.44. The first-order valence-corrected chi connectivity index (χ1v) is 5.55. The lowest BCUT2D eigenvalue weighted by molar-refractivity contribution is 0.138. The molecule has 0 saturated heterocycles. The highest BCUT2D eigenvalue weighted by molar-refractivity contribution is 4.92. The highest BCUT2D eigenvalue weighted by Crippen LogP contribution is 1.98. The van der Waals surface area contributed by atoms with Crippen LogP contribution in [-0.4, -0.2) is 28.8 Å². The Hall–Kier alpha value is -0.870. The van der Waals surface area contributed by atoms with Gasteiger partial charge in [-0.15, -0.1) is 0 Å². The van der Waals surface area contributed by atoms with E-state index in [1.165, 1.54) is 0 Å². The molecule has 0 fully saturated rings. The van der Waals surface area contributed by atoms with E-state index in [1.807, 2.05) is 19.3 Å². The van der Waals surface area contributed by atoms with E-state index in [1.54, 1.807) is 0 Å². The van der Waals surface area contributed by atoms with Gasteiger partial charge in [0.2, 0.25) is 0 Å². The summed E-state index contributed by atoms with van der Waals surface area (Å²) in [7, 11) is 0. The van der Waals surface area contributed by atoms with E-state index in [0.29, 0.717) is 6.04 Å². The Balaban J connectivity index is 2.39. The van der Waals surface area contributed by atoms with Gasteiger partial charge >= 0.3 is 0 Å². The van der Waals surface area contributed by atoms with Gasteiger partial charge in [-0.05, 0) is 6.92 Å². The highest BCUT2D eigenvalue weighted by atomic mass is 16.5. The Kier molecular flexibility index (Phi) is 5.36. The number of ether oxygens (including phenoxy) is 1. The Labute approximate surface area is 91.7 Å². The summed E-state index contributed by atoms with van der Waals surface area (Å²) in [4.78, 5) is 4.31. The largest absolute Gasteiger partial charge is 0.380 e. The predicted octanol–water partition coefficient (Wildman–Crippen LogP) is 1.42. The van der Waals surface area contributed by atoms with E-state index in [4.69, 9.17) is 4.74 Å². The second kappa shape index (κ2) is 6.58. The van der Waals surface area contributed by atoms with Crippen LogP contribution >= 0.6 is 0 Å². The molecule has 1 rings (SSSR count). The van der Waals surface area contributed by atoms with Crippen molar-refractivity contribution in [2.24, 2.45) is 0 Å². The smallest absolute Gasteiger partial charge is 0.122 e. The summed E-state index contributed by atoms with van der Waals surface area (Å²) in [5.41, 5.74) is 0. The molecule has 4 nitrogen and oxygen atoms in total. The van der Waals surface area contributed by atoms with Gasteiger partial charge in [0, 0.05) is 31.6 Å². The van der Waals surface area contributed by atoms with E-state index in [-0.39, 0.29) is 0 Å². The van der Waals surface area contributed by atoms with Crippen molar-refractivity contribution in [1.82, 2.24) is 14.9 Å². The molecule has 0 radical (unpaired) electrons. The standard InChI is InChI=1S/C11H21N3O/c1-4-15-8-7-14-6-5-12-11(14)9-13-10(2)3/h5-6,10,13H,4,7-9H2,1-3H3. The van der Waals surface area contributed by atoms with Crippen LogP contribution in [0.3, 0.4) is 0 Å². The van der Waals surface area contributed by atoms with Crippen molar-refractivity contribution < 1.29 is 4.74 Å². The number of imidazole rings is 1. The molecule has 0 spiro atoms. The molecular formula is C11H21N3O. The van der Waals surface area contributed by atoms with Gasteiger partial charge in [-0.3, -0.25) is 0 Å². The molecule has 0 bridgehead atoms. The van der Waals surface area contributed by atoms with Crippen LogP contribution in [-0.2, 0) is 17.8 Å². The number of aromatic nitrogens is 2. The summed E-state index contributed by atoms with van der Waals surface area (Å²) in [5, 5.41) is 3.35. The van der Waals surface area contributed by atoms with Crippen molar-refractivity contribution in [1.29, 1.82) is 0 Å². The Morgan fingerprint density at radius 2 is 2.33 bits per heavy atom. The molecule has 0 atom stereocenters. The van der Waals surface area contributed by atoms with Crippen molar-refractivity contribution in [3.63, 3.8) is 0 Å². The molecule has 0 aliphatic carbocycles. The van der Waals surface area contributed by atoms with E-state index >= 15 is 0 Å². The number of hydrogen-bond acceptors (Lipinski definition) is 3. The summed E-state index contributed by atoms with van der Waals surface area (Å²) in [6, 6.07) is 0.488. The van der Waals surface area contributed by atoms with E-state index in [0.717, 1.165) is 32.1 Å². The minimum Gasteiger partial charge on any atom is -0.380 e. The Morgan fingerprint density at radius 3 is 3.00 bits per heavy atom. The molecule has 0 amide bonds. The molecule has 0 saturated carbocycles. The van der Waals surface area contributed by atoms with E-state index in [9.17, 15) is 0 Å². The molecule has 1 aromatic rings. The van der Waals surface area contributed by atoms with Gasteiger partial charge in [-0.1, -0.05) is 13.8 Å². The molecule has 86 valence electrons. The average molecular weight is 211 g/mol. The Bertz CT molecular complexity index is 271. The van der Waals surface area contributed by atoms with Crippen LogP contribution in [0.1, 0.15) is 26.6 Å². The predicted molar refractivity (Wildman–Crippen MR) is 60.7 cm³/mol. The zero-order chi connectivity index (χ0) is 11.1. The zero-order valence-corrected chi connectivity index (χ0v) is 9.86. The molecule has 4 heteroatoms. The first-order valence-electron chi connectivity index (χ1n) is 5.55. The molecule has 15 heavy (non-hydrogen) atoms. The zero-order valence-electron chi connectivity index (χ0n) is 9.86. The van der Waals surface area contributed by atoms with Gasteiger partial charge in [-0.25, -0.2) is 4.98 Å².